The maximum Gasteiger partial charge on any atom is 0.267 e. The number of benzene rings is 2. The van der Waals surface area contributed by atoms with Crippen LogP contribution in [0.1, 0.15) is 36.5 Å². The van der Waals surface area contributed by atoms with Crippen molar-refractivity contribution in [3.63, 3.8) is 0 Å². The summed E-state index contributed by atoms with van der Waals surface area (Å²) in [5, 5.41) is 13.3. The lowest BCUT2D eigenvalue weighted by Crippen LogP contribution is -2.30. The van der Waals surface area contributed by atoms with Crippen LogP contribution < -0.4 is 10.9 Å². The van der Waals surface area contributed by atoms with Gasteiger partial charge in [0.1, 0.15) is 11.3 Å². The van der Waals surface area contributed by atoms with E-state index in [1.807, 2.05) is 6.92 Å². The Morgan fingerprint density at radius 2 is 1.86 bits per heavy atom. The number of aromatic nitrogens is 1. The second-order valence-electron chi connectivity index (χ2n) is 6.49. The number of halogens is 2. The van der Waals surface area contributed by atoms with E-state index in [4.69, 9.17) is 0 Å². The Bertz CT molecular complexity index is 1090. The van der Waals surface area contributed by atoms with Crippen molar-refractivity contribution >= 4 is 22.5 Å². The third-order valence-corrected chi connectivity index (χ3v) is 4.54. The van der Waals surface area contributed by atoms with Gasteiger partial charge in [0.05, 0.1) is 5.52 Å². The van der Waals surface area contributed by atoms with Crippen LogP contribution in [0.25, 0.3) is 10.9 Å². The third-order valence-electron chi connectivity index (χ3n) is 4.54. The first kappa shape index (κ1) is 19.5. The van der Waals surface area contributed by atoms with Crippen LogP contribution in [-0.2, 0) is 6.54 Å². The van der Waals surface area contributed by atoms with Crippen molar-refractivity contribution in [1.82, 2.24) is 4.57 Å². The molecule has 0 aliphatic carbocycles. The number of hydrogen-bond donors (Lipinski definition) is 2. The van der Waals surface area contributed by atoms with Crippen molar-refractivity contribution in [2.45, 2.75) is 32.7 Å². The summed E-state index contributed by atoms with van der Waals surface area (Å²) >= 11 is 0. The summed E-state index contributed by atoms with van der Waals surface area (Å²) in [5.74, 6) is -3.50. The van der Waals surface area contributed by atoms with Crippen molar-refractivity contribution in [1.29, 1.82) is 0 Å². The lowest BCUT2D eigenvalue weighted by molar-refractivity contribution is 0.102. The van der Waals surface area contributed by atoms with Gasteiger partial charge in [-0.15, -0.1) is 0 Å². The average Bonchev–Trinajstić information content (AvgIpc) is 2.67. The number of carbonyl (C=O) groups is 1. The maximum absolute atomic E-state index is 13.4. The molecule has 2 aromatic carbocycles. The van der Waals surface area contributed by atoms with Gasteiger partial charge in [0.15, 0.2) is 11.6 Å². The van der Waals surface area contributed by atoms with Gasteiger partial charge in [-0.25, -0.2) is 8.78 Å². The van der Waals surface area contributed by atoms with Crippen LogP contribution in [0.5, 0.6) is 5.75 Å². The van der Waals surface area contributed by atoms with Gasteiger partial charge >= 0.3 is 0 Å². The number of nitrogens with one attached hydrogen (secondary N) is 1. The fraction of sp³-hybridized carbons (Fsp3) is 0.238. The summed E-state index contributed by atoms with van der Waals surface area (Å²) in [6.45, 7) is 2.44. The SMILES string of the molecule is CCCCCn1c(=O)c(C(=O)Nc2ccc(F)c(F)c2)c(O)c2ccccc21. The first-order valence-corrected chi connectivity index (χ1v) is 9.05. The zero-order chi connectivity index (χ0) is 20.3. The molecule has 3 aromatic rings. The number of aryl methyl sites for hydroxylation is 1. The number of rotatable bonds is 6. The summed E-state index contributed by atoms with van der Waals surface area (Å²) in [7, 11) is 0. The number of aromatic hydroxyl groups is 1. The van der Waals surface area contributed by atoms with Crippen molar-refractivity contribution in [2.75, 3.05) is 5.32 Å². The van der Waals surface area contributed by atoms with Crippen molar-refractivity contribution < 1.29 is 18.7 Å². The second kappa shape index (κ2) is 8.21. The normalized spacial score (nSPS) is 11.0. The predicted molar refractivity (Wildman–Crippen MR) is 104 cm³/mol. The Kier molecular flexibility index (Phi) is 5.73. The summed E-state index contributed by atoms with van der Waals surface area (Å²) in [6, 6.07) is 9.63. The zero-order valence-electron chi connectivity index (χ0n) is 15.3. The molecule has 1 heterocycles. The molecule has 0 radical (unpaired) electrons. The monoisotopic (exact) mass is 386 g/mol. The number of unbranched alkanes of at least 4 members (excludes halogenated alkanes) is 2. The molecule has 0 unspecified atom stereocenters. The Morgan fingerprint density at radius 1 is 1.11 bits per heavy atom. The van der Waals surface area contributed by atoms with Crippen molar-refractivity contribution in [2.24, 2.45) is 0 Å². The molecule has 1 aromatic heterocycles. The molecule has 2 N–H and O–H groups in total. The minimum Gasteiger partial charge on any atom is -0.506 e. The molecule has 0 atom stereocenters. The van der Waals surface area contributed by atoms with E-state index in [-0.39, 0.29) is 5.69 Å². The van der Waals surface area contributed by atoms with Gasteiger partial charge in [-0.05, 0) is 30.7 Å². The molecule has 3 rings (SSSR count). The number of para-hydroxylation sites is 1. The van der Waals surface area contributed by atoms with Crippen molar-refractivity contribution in [3.05, 3.63) is 70.0 Å². The van der Waals surface area contributed by atoms with Crippen LogP contribution in [-0.4, -0.2) is 15.6 Å². The van der Waals surface area contributed by atoms with Crippen LogP contribution in [0.3, 0.4) is 0 Å². The van der Waals surface area contributed by atoms with Gasteiger partial charge in [-0.3, -0.25) is 9.59 Å². The largest absolute Gasteiger partial charge is 0.506 e. The van der Waals surface area contributed by atoms with Crippen LogP contribution >= 0.6 is 0 Å². The summed E-state index contributed by atoms with van der Waals surface area (Å²) < 4.78 is 27.9. The number of pyridine rings is 1. The molecule has 146 valence electrons. The van der Waals surface area contributed by atoms with Crippen LogP contribution in [0, 0.1) is 11.6 Å². The number of nitrogens with zero attached hydrogens (tertiary/aromatic N) is 1. The number of anilines is 1. The van der Waals surface area contributed by atoms with E-state index in [0.29, 0.717) is 17.4 Å². The standard InChI is InChI=1S/C21H20F2N2O3/c1-2-3-6-11-25-17-8-5-4-7-14(17)19(26)18(21(25)28)20(27)24-13-9-10-15(22)16(23)12-13/h4-5,7-10,12,26H,2-3,6,11H2,1H3,(H,24,27). The Balaban J connectivity index is 2.07. The maximum atomic E-state index is 13.4. The first-order chi connectivity index (χ1) is 13.4. The quantitative estimate of drug-likeness (QED) is 0.616. The van der Waals surface area contributed by atoms with Crippen LogP contribution in [0.15, 0.2) is 47.3 Å². The fourth-order valence-electron chi connectivity index (χ4n) is 3.10. The Labute approximate surface area is 160 Å². The summed E-state index contributed by atoms with van der Waals surface area (Å²) in [5.41, 5.74) is -0.550. The van der Waals surface area contributed by atoms with Crippen LogP contribution in [0.4, 0.5) is 14.5 Å². The highest BCUT2D eigenvalue weighted by atomic mass is 19.2. The molecule has 7 heteroatoms. The summed E-state index contributed by atoms with van der Waals surface area (Å²) in [4.78, 5) is 25.6. The van der Waals surface area contributed by atoms with E-state index < -0.39 is 34.4 Å². The number of fused-ring (bicyclic) bond motifs is 1. The molecule has 28 heavy (non-hydrogen) atoms. The van der Waals surface area contributed by atoms with E-state index in [1.165, 1.54) is 10.6 Å². The van der Waals surface area contributed by atoms with Gasteiger partial charge < -0.3 is 15.0 Å². The van der Waals surface area contributed by atoms with E-state index in [0.717, 1.165) is 31.4 Å². The number of amides is 1. The van der Waals surface area contributed by atoms with Gasteiger partial charge in [-0.1, -0.05) is 31.9 Å². The minimum atomic E-state index is -1.13. The number of carbonyl (C=O) groups excluding carboxylic acids is 1. The smallest absolute Gasteiger partial charge is 0.267 e. The molecule has 0 fully saturated rings. The predicted octanol–water partition coefficient (Wildman–Crippen LogP) is 4.43. The number of hydrogen-bond acceptors (Lipinski definition) is 3. The molecule has 0 bridgehead atoms. The first-order valence-electron chi connectivity index (χ1n) is 9.05. The molecule has 0 aliphatic rings. The lowest BCUT2D eigenvalue weighted by atomic mass is 10.1. The van der Waals surface area contributed by atoms with Gasteiger partial charge in [0.25, 0.3) is 11.5 Å². The van der Waals surface area contributed by atoms with Crippen LogP contribution in [0.2, 0.25) is 0 Å². The topological polar surface area (TPSA) is 71.3 Å². The van der Waals surface area contributed by atoms with E-state index in [1.54, 1.807) is 24.3 Å². The fourth-order valence-corrected chi connectivity index (χ4v) is 3.10. The molecule has 0 saturated carbocycles. The summed E-state index contributed by atoms with van der Waals surface area (Å²) in [6.07, 6.45) is 2.63. The minimum absolute atomic E-state index is 0.0200. The average molecular weight is 386 g/mol. The van der Waals surface area contributed by atoms with E-state index in [2.05, 4.69) is 5.32 Å². The Hall–Kier alpha value is -3.22. The molecular weight excluding hydrogens is 366 g/mol. The highest BCUT2D eigenvalue weighted by Crippen LogP contribution is 2.27. The van der Waals surface area contributed by atoms with Crippen molar-refractivity contribution in [3.8, 4) is 5.75 Å². The van der Waals surface area contributed by atoms with E-state index >= 15 is 0 Å². The highest BCUT2D eigenvalue weighted by molar-refractivity contribution is 6.09. The van der Waals surface area contributed by atoms with Gasteiger partial charge in [0.2, 0.25) is 0 Å². The molecular formula is C21H20F2N2O3. The molecule has 0 spiro atoms. The second-order valence-corrected chi connectivity index (χ2v) is 6.49. The Morgan fingerprint density at radius 3 is 2.57 bits per heavy atom. The molecule has 1 amide bonds. The van der Waals surface area contributed by atoms with Gasteiger partial charge in [0, 0.05) is 23.7 Å². The van der Waals surface area contributed by atoms with Gasteiger partial charge in [-0.2, -0.15) is 0 Å². The highest BCUT2D eigenvalue weighted by Gasteiger charge is 2.22. The zero-order valence-corrected chi connectivity index (χ0v) is 15.3. The molecule has 0 saturated heterocycles. The third kappa shape index (κ3) is 3.74. The lowest BCUT2D eigenvalue weighted by Gasteiger charge is -2.15. The molecule has 0 aliphatic heterocycles. The molecule has 5 nitrogen and oxygen atoms in total. The van der Waals surface area contributed by atoms with E-state index in [9.17, 15) is 23.5 Å².